The SMILES string of the molecule is Cc1ccccc1-c1nnc(SCC(=O)Nc2ccc(C(N)=O)cc2)n1C. The van der Waals surface area contributed by atoms with Crippen molar-refractivity contribution in [2.24, 2.45) is 12.8 Å². The molecule has 3 rings (SSSR count). The Morgan fingerprint density at radius 2 is 1.81 bits per heavy atom. The molecule has 2 amide bonds. The van der Waals surface area contributed by atoms with E-state index in [0.717, 1.165) is 17.0 Å². The molecule has 0 unspecified atom stereocenters. The van der Waals surface area contributed by atoms with E-state index in [0.29, 0.717) is 16.4 Å². The maximum absolute atomic E-state index is 12.2. The number of nitrogens with one attached hydrogen (secondary N) is 1. The van der Waals surface area contributed by atoms with Crippen LogP contribution in [0.4, 0.5) is 5.69 Å². The molecule has 0 spiro atoms. The van der Waals surface area contributed by atoms with E-state index in [-0.39, 0.29) is 11.7 Å². The molecule has 0 aliphatic rings. The Balaban J connectivity index is 1.62. The Morgan fingerprint density at radius 1 is 1.11 bits per heavy atom. The first-order valence-corrected chi connectivity index (χ1v) is 9.22. The van der Waals surface area contributed by atoms with Crippen LogP contribution in [0.25, 0.3) is 11.4 Å². The van der Waals surface area contributed by atoms with Gasteiger partial charge in [0.2, 0.25) is 11.8 Å². The van der Waals surface area contributed by atoms with E-state index < -0.39 is 5.91 Å². The molecule has 1 aromatic heterocycles. The molecule has 0 saturated carbocycles. The fourth-order valence-electron chi connectivity index (χ4n) is 2.54. The summed E-state index contributed by atoms with van der Waals surface area (Å²) < 4.78 is 1.88. The molecule has 3 N–H and O–H groups in total. The largest absolute Gasteiger partial charge is 0.366 e. The van der Waals surface area contributed by atoms with Gasteiger partial charge in [-0.1, -0.05) is 36.0 Å². The van der Waals surface area contributed by atoms with Crippen LogP contribution in [-0.2, 0) is 11.8 Å². The van der Waals surface area contributed by atoms with E-state index in [4.69, 9.17) is 5.73 Å². The number of carbonyl (C=O) groups is 2. The highest BCUT2D eigenvalue weighted by Gasteiger charge is 2.14. The van der Waals surface area contributed by atoms with E-state index in [1.165, 1.54) is 11.8 Å². The van der Waals surface area contributed by atoms with Gasteiger partial charge in [-0.15, -0.1) is 10.2 Å². The number of carbonyl (C=O) groups excluding carboxylic acids is 2. The van der Waals surface area contributed by atoms with Gasteiger partial charge >= 0.3 is 0 Å². The van der Waals surface area contributed by atoms with Crippen LogP contribution in [0.3, 0.4) is 0 Å². The van der Waals surface area contributed by atoms with Gasteiger partial charge in [0.1, 0.15) is 0 Å². The molecule has 1 heterocycles. The molecular formula is C19H19N5O2S. The Hall–Kier alpha value is -3.13. The van der Waals surface area contributed by atoms with E-state index in [1.54, 1.807) is 24.3 Å². The average molecular weight is 381 g/mol. The second-order valence-corrected chi connectivity index (χ2v) is 6.90. The lowest BCUT2D eigenvalue weighted by Crippen LogP contribution is -2.15. The lowest BCUT2D eigenvalue weighted by atomic mass is 10.1. The van der Waals surface area contributed by atoms with Crippen LogP contribution in [0.2, 0.25) is 0 Å². The van der Waals surface area contributed by atoms with Crippen LogP contribution in [0.5, 0.6) is 0 Å². The fourth-order valence-corrected chi connectivity index (χ4v) is 3.25. The molecule has 27 heavy (non-hydrogen) atoms. The Morgan fingerprint density at radius 3 is 2.48 bits per heavy atom. The second kappa shape index (κ2) is 8.05. The number of anilines is 1. The number of nitrogens with zero attached hydrogens (tertiary/aromatic N) is 3. The van der Waals surface area contributed by atoms with Gasteiger partial charge < -0.3 is 15.6 Å². The zero-order chi connectivity index (χ0) is 19.4. The number of amides is 2. The molecule has 7 nitrogen and oxygen atoms in total. The van der Waals surface area contributed by atoms with E-state index >= 15 is 0 Å². The standard InChI is InChI=1S/C19H19N5O2S/c1-12-5-3-4-6-15(12)18-22-23-19(24(18)2)27-11-16(25)21-14-9-7-13(8-10-14)17(20)26/h3-10H,11H2,1-2H3,(H2,20,26)(H,21,25). The third-order valence-corrected chi connectivity index (χ3v) is 5.03. The summed E-state index contributed by atoms with van der Waals surface area (Å²) in [6, 6.07) is 14.4. The van der Waals surface area contributed by atoms with Gasteiger partial charge in [0.15, 0.2) is 11.0 Å². The van der Waals surface area contributed by atoms with Gasteiger partial charge in [-0.3, -0.25) is 9.59 Å². The highest BCUT2D eigenvalue weighted by Crippen LogP contribution is 2.25. The van der Waals surface area contributed by atoms with Crippen molar-refractivity contribution in [1.82, 2.24) is 14.8 Å². The van der Waals surface area contributed by atoms with Crippen molar-refractivity contribution in [2.75, 3.05) is 11.1 Å². The first kappa shape index (κ1) is 18.7. The molecule has 3 aromatic rings. The minimum Gasteiger partial charge on any atom is -0.366 e. The monoisotopic (exact) mass is 381 g/mol. The summed E-state index contributed by atoms with van der Waals surface area (Å²) in [6.07, 6.45) is 0. The molecule has 0 bridgehead atoms. The maximum Gasteiger partial charge on any atom is 0.248 e. The number of primary amides is 1. The Labute approximate surface area is 161 Å². The highest BCUT2D eigenvalue weighted by molar-refractivity contribution is 7.99. The summed E-state index contributed by atoms with van der Waals surface area (Å²) >= 11 is 1.31. The summed E-state index contributed by atoms with van der Waals surface area (Å²) in [7, 11) is 1.88. The molecule has 0 fully saturated rings. The molecule has 0 atom stereocenters. The predicted octanol–water partition coefficient (Wildman–Crippen LogP) is 2.62. The summed E-state index contributed by atoms with van der Waals surface area (Å²) in [6.45, 7) is 2.02. The summed E-state index contributed by atoms with van der Waals surface area (Å²) in [5.41, 5.74) is 8.32. The van der Waals surface area contributed by atoms with Crippen LogP contribution in [0.1, 0.15) is 15.9 Å². The number of hydrogen-bond donors (Lipinski definition) is 2. The van der Waals surface area contributed by atoms with Crippen molar-refractivity contribution in [1.29, 1.82) is 0 Å². The van der Waals surface area contributed by atoms with E-state index in [2.05, 4.69) is 15.5 Å². The van der Waals surface area contributed by atoms with Gasteiger partial charge in [0.05, 0.1) is 5.75 Å². The van der Waals surface area contributed by atoms with Crippen LogP contribution in [-0.4, -0.2) is 32.3 Å². The highest BCUT2D eigenvalue weighted by atomic mass is 32.2. The zero-order valence-corrected chi connectivity index (χ0v) is 15.8. The van der Waals surface area contributed by atoms with Gasteiger partial charge in [-0.05, 0) is 36.8 Å². The first-order valence-electron chi connectivity index (χ1n) is 8.23. The Kier molecular flexibility index (Phi) is 5.56. The average Bonchev–Trinajstić information content (AvgIpc) is 3.01. The van der Waals surface area contributed by atoms with Crippen molar-refractivity contribution in [3.63, 3.8) is 0 Å². The van der Waals surface area contributed by atoms with Crippen LogP contribution >= 0.6 is 11.8 Å². The second-order valence-electron chi connectivity index (χ2n) is 5.96. The van der Waals surface area contributed by atoms with Crippen LogP contribution in [0, 0.1) is 6.92 Å². The Bertz CT molecular complexity index is 982. The molecular weight excluding hydrogens is 362 g/mol. The zero-order valence-electron chi connectivity index (χ0n) is 15.0. The molecule has 0 aliphatic carbocycles. The number of nitrogens with two attached hydrogens (primary N) is 1. The van der Waals surface area contributed by atoms with Crippen LogP contribution in [0.15, 0.2) is 53.7 Å². The summed E-state index contributed by atoms with van der Waals surface area (Å²) in [5.74, 6) is 0.276. The van der Waals surface area contributed by atoms with E-state index in [1.807, 2.05) is 42.8 Å². The molecule has 0 saturated heterocycles. The lowest BCUT2D eigenvalue weighted by Gasteiger charge is -2.07. The topological polar surface area (TPSA) is 103 Å². The number of hydrogen-bond acceptors (Lipinski definition) is 5. The first-order chi connectivity index (χ1) is 13.0. The van der Waals surface area contributed by atoms with Crippen molar-refractivity contribution in [2.45, 2.75) is 12.1 Å². The van der Waals surface area contributed by atoms with Crippen molar-refractivity contribution < 1.29 is 9.59 Å². The third kappa shape index (κ3) is 4.35. The minimum absolute atomic E-state index is 0.174. The minimum atomic E-state index is -0.504. The fraction of sp³-hybridized carbons (Fsp3) is 0.158. The number of thioether (sulfide) groups is 1. The molecule has 2 aromatic carbocycles. The quantitative estimate of drug-likeness (QED) is 0.639. The van der Waals surface area contributed by atoms with Crippen LogP contribution < -0.4 is 11.1 Å². The van der Waals surface area contributed by atoms with Crippen molar-refractivity contribution in [3.05, 3.63) is 59.7 Å². The van der Waals surface area contributed by atoms with Gasteiger partial charge in [0, 0.05) is 23.9 Å². The number of aryl methyl sites for hydroxylation is 1. The maximum atomic E-state index is 12.2. The van der Waals surface area contributed by atoms with Crippen molar-refractivity contribution in [3.8, 4) is 11.4 Å². The number of aromatic nitrogens is 3. The van der Waals surface area contributed by atoms with Gasteiger partial charge in [-0.2, -0.15) is 0 Å². The van der Waals surface area contributed by atoms with Crippen molar-refractivity contribution >= 4 is 29.3 Å². The predicted molar refractivity (Wildman–Crippen MR) is 105 cm³/mol. The number of rotatable bonds is 6. The molecule has 0 aliphatic heterocycles. The lowest BCUT2D eigenvalue weighted by molar-refractivity contribution is -0.113. The normalized spacial score (nSPS) is 10.6. The molecule has 8 heteroatoms. The summed E-state index contributed by atoms with van der Waals surface area (Å²) in [5, 5.41) is 11.9. The molecule has 0 radical (unpaired) electrons. The summed E-state index contributed by atoms with van der Waals surface area (Å²) in [4.78, 5) is 23.2. The van der Waals surface area contributed by atoms with E-state index in [9.17, 15) is 9.59 Å². The van der Waals surface area contributed by atoms with Gasteiger partial charge in [0.25, 0.3) is 0 Å². The smallest absolute Gasteiger partial charge is 0.248 e. The third-order valence-electron chi connectivity index (χ3n) is 4.01. The molecule has 138 valence electrons. The number of benzene rings is 2. The van der Waals surface area contributed by atoms with Gasteiger partial charge in [-0.25, -0.2) is 0 Å².